The summed E-state index contributed by atoms with van der Waals surface area (Å²) in [6, 6.07) is 0. The Balaban J connectivity index is 2.22. The fraction of sp³-hybridized carbons (Fsp3) is 0.750. The Morgan fingerprint density at radius 3 is 2.71 bits per heavy atom. The van der Waals surface area contributed by atoms with Gasteiger partial charge in [0.25, 0.3) is 0 Å². The third kappa shape index (κ3) is 1.99. The lowest BCUT2D eigenvalue weighted by Gasteiger charge is -2.17. The molecule has 1 aliphatic rings. The number of aromatic amines is 1. The number of imidazole rings is 1. The average Bonchev–Trinajstić information content (AvgIpc) is 2.47. The van der Waals surface area contributed by atoms with Crippen LogP contribution in [0.5, 0.6) is 0 Å². The second-order valence-corrected chi connectivity index (χ2v) is 5.59. The second-order valence-electron chi connectivity index (χ2n) is 5.59. The lowest BCUT2D eigenvalue weighted by Crippen LogP contribution is -2.42. The van der Waals surface area contributed by atoms with Crippen molar-refractivity contribution in [2.45, 2.75) is 53.0 Å². The Morgan fingerprint density at radius 2 is 2.00 bits per heavy atom. The van der Waals surface area contributed by atoms with E-state index in [-0.39, 0.29) is 0 Å². The van der Waals surface area contributed by atoms with Crippen LogP contribution in [0.1, 0.15) is 45.0 Å². The molecule has 0 saturated carbocycles. The Labute approximate surface area is 86.3 Å². The van der Waals surface area contributed by atoms with E-state index in [2.05, 4.69) is 36.6 Å². The number of nitrogens with zero attached hydrogens (tertiary/aromatic N) is 1. The van der Waals surface area contributed by atoms with Crippen molar-refractivity contribution in [3.05, 3.63) is 17.7 Å². The smallest absolute Gasteiger partial charge is 0.241 e. The minimum absolute atomic E-state index is 0.373. The molecule has 1 aromatic heterocycles. The van der Waals surface area contributed by atoms with E-state index in [1.807, 2.05) is 0 Å². The summed E-state index contributed by atoms with van der Waals surface area (Å²) < 4.78 is 2.41. The summed E-state index contributed by atoms with van der Waals surface area (Å²) >= 11 is 0. The van der Waals surface area contributed by atoms with Gasteiger partial charge in [0.05, 0.1) is 6.54 Å². The van der Waals surface area contributed by atoms with E-state index >= 15 is 0 Å². The van der Waals surface area contributed by atoms with Crippen molar-refractivity contribution in [3.63, 3.8) is 0 Å². The van der Waals surface area contributed by atoms with E-state index in [4.69, 9.17) is 0 Å². The van der Waals surface area contributed by atoms with Gasteiger partial charge in [0.15, 0.2) is 0 Å². The van der Waals surface area contributed by atoms with E-state index in [1.54, 1.807) is 5.69 Å². The van der Waals surface area contributed by atoms with E-state index < -0.39 is 0 Å². The topological polar surface area (TPSA) is 19.7 Å². The number of H-pyrrole nitrogens is 1. The van der Waals surface area contributed by atoms with Crippen LogP contribution in [0.25, 0.3) is 0 Å². The number of fused-ring (bicyclic) bond motifs is 1. The van der Waals surface area contributed by atoms with Gasteiger partial charge in [-0.05, 0) is 18.3 Å². The maximum Gasteiger partial charge on any atom is 0.241 e. The number of hydrogen-bond acceptors (Lipinski definition) is 0. The van der Waals surface area contributed by atoms with Crippen molar-refractivity contribution >= 4 is 0 Å². The normalized spacial score (nSPS) is 16.8. The fourth-order valence-electron chi connectivity index (χ4n) is 2.25. The first kappa shape index (κ1) is 9.75. The summed E-state index contributed by atoms with van der Waals surface area (Å²) in [6.45, 7) is 8.01. The van der Waals surface area contributed by atoms with E-state index in [0.29, 0.717) is 5.41 Å². The summed E-state index contributed by atoms with van der Waals surface area (Å²) in [5, 5.41) is 0. The van der Waals surface area contributed by atoms with Crippen LogP contribution in [-0.2, 0) is 19.4 Å². The zero-order chi connectivity index (χ0) is 10.2. The lowest BCUT2D eigenvalue weighted by atomic mass is 9.95. The predicted molar refractivity (Wildman–Crippen MR) is 57.1 cm³/mol. The second kappa shape index (κ2) is 3.41. The van der Waals surface area contributed by atoms with Crippen LogP contribution >= 0.6 is 0 Å². The number of nitrogens with one attached hydrogen (secondary N) is 1. The monoisotopic (exact) mass is 193 g/mol. The zero-order valence-corrected chi connectivity index (χ0v) is 9.56. The molecule has 78 valence electrons. The molecule has 0 bridgehead atoms. The molecule has 1 aliphatic carbocycles. The lowest BCUT2D eigenvalue weighted by molar-refractivity contribution is -0.714. The van der Waals surface area contributed by atoms with Crippen molar-refractivity contribution in [3.8, 4) is 0 Å². The van der Waals surface area contributed by atoms with Gasteiger partial charge in [-0.2, -0.15) is 0 Å². The first-order valence-corrected chi connectivity index (χ1v) is 5.65. The first-order valence-electron chi connectivity index (χ1n) is 5.65. The SMILES string of the molecule is CC(C)(C)C[n+]1c[nH]c2c1CCCC2. The Kier molecular flexibility index (Phi) is 2.38. The molecule has 1 N–H and O–H groups in total. The van der Waals surface area contributed by atoms with Crippen LogP contribution in [0.2, 0.25) is 0 Å². The molecule has 0 aromatic carbocycles. The number of aromatic nitrogens is 2. The molecule has 0 saturated heterocycles. The van der Waals surface area contributed by atoms with Crippen LogP contribution in [-0.4, -0.2) is 4.98 Å². The third-order valence-electron chi connectivity index (χ3n) is 2.82. The van der Waals surface area contributed by atoms with Crippen molar-refractivity contribution < 1.29 is 4.57 Å². The summed E-state index contributed by atoms with van der Waals surface area (Å²) in [5.41, 5.74) is 3.39. The highest BCUT2D eigenvalue weighted by Crippen LogP contribution is 2.18. The molecule has 0 aliphatic heterocycles. The highest BCUT2D eigenvalue weighted by Gasteiger charge is 2.24. The molecule has 0 atom stereocenters. The van der Waals surface area contributed by atoms with Crippen LogP contribution in [0.4, 0.5) is 0 Å². The Hall–Kier alpha value is -0.790. The molecule has 2 heteroatoms. The van der Waals surface area contributed by atoms with Crippen molar-refractivity contribution in [2.75, 3.05) is 0 Å². The molecule has 0 unspecified atom stereocenters. The van der Waals surface area contributed by atoms with Crippen LogP contribution in [0, 0.1) is 5.41 Å². The molecule has 0 spiro atoms. The minimum atomic E-state index is 0.373. The molecule has 1 aromatic rings. The van der Waals surface area contributed by atoms with Crippen LogP contribution < -0.4 is 4.57 Å². The van der Waals surface area contributed by atoms with Gasteiger partial charge in [0.2, 0.25) is 6.33 Å². The summed E-state index contributed by atoms with van der Waals surface area (Å²) in [5.74, 6) is 0. The molecule has 0 amide bonds. The Bertz CT molecular complexity index is 318. The first-order chi connectivity index (χ1) is 6.56. The highest BCUT2D eigenvalue weighted by atomic mass is 15.1. The highest BCUT2D eigenvalue weighted by molar-refractivity contribution is 5.08. The molecule has 0 radical (unpaired) electrons. The van der Waals surface area contributed by atoms with Gasteiger partial charge in [-0.3, -0.25) is 0 Å². The van der Waals surface area contributed by atoms with Crippen molar-refractivity contribution in [2.24, 2.45) is 5.41 Å². The van der Waals surface area contributed by atoms with Gasteiger partial charge in [-0.25, -0.2) is 9.55 Å². The maximum absolute atomic E-state index is 3.41. The molecular formula is C12H21N2+. The summed E-state index contributed by atoms with van der Waals surface area (Å²) in [4.78, 5) is 3.41. The molecule has 1 heterocycles. The molecule has 14 heavy (non-hydrogen) atoms. The van der Waals surface area contributed by atoms with E-state index in [9.17, 15) is 0 Å². The number of aryl methyl sites for hydroxylation is 1. The van der Waals surface area contributed by atoms with Crippen LogP contribution in [0.3, 0.4) is 0 Å². The van der Waals surface area contributed by atoms with Gasteiger partial charge in [-0.15, -0.1) is 0 Å². The fourth-order valence-corrected chi connectivity index (χ4v) is 2.25. The number of rotatable bonds is 1. The third-order valence-corrected chi connectivity index (χ3v) is 2.82. The minimum Gasteiger partial charge on any atom is -0.247 e. The van der Waals surface area contributed by atoms with Crippen LogP contribution in [0.15, 0.2) is 6.33 Å². The van der Waals surface area contributed by atoms with Gasteiger partial charge < -0.3 is 0 Å². The van der Waals surface area contributed by atoms with Gasteiger partial charge in [-0.1, -0.05) is 20.8 Å². The maximum atomic E-state index is 3.41. The Morgan fingerprint density at radius 1 is 1.29 bits per heavy atom. The van der Waals surface area contributed by atoms with Gasteiger partial charge in [0.1, 0.15) is 11.4 Å². The summed E-state index contributed by atoms with van der Waals surface area (Å²) in [7, 11) is 0. The zero-order valence-electron chi connectivity index (χ0n) is 9.56. The quantitative estimate of drug-likeness (QED) is 0.660. The van der Waals surface area contributed by atoms with Gasteiger partial charge in [0, 0.05) is 12.8 Å². The summed E-state index contributed by atoms with van der Waals surface area (Å²) in [6.07, 6.45) is 7.36. The molecule has 2 rings (SSSR count). The largest absolute Gasteiger partial charge is 0.247 e. The van der Waals surface area contributed by atoms with Crippen molar-refractivity contribution in [1.82, 2.24) is 4.98 Å². The average molecular weight is 193 g/mol. The number of hydrogen-bond donors (Lipinski definition) is 1. The predicted octanol–water partition coefficient (Wildman–Crippen LogP) is 2.23. The van der Waals surface area contributed by atoms with Gasteiger partial charge >= 0.3 is 0 Å². The van der Waals surface area contributed by atoms with Crippen molar-refractivity contribution in [1.29, 1.82) is 0 Å². The molecule has 0 fully saturated rings. The van der Waals surface area contributed by atoms with E-state index in [0.717, 1.165) is 6.54 Å². The standard InChI is InChI=1S/C12H20N2/c1-12(2,3)8-14-9-13-10-6-4-5-7-11(10)14/h9H,4-8H2,1-3H3/p+1. The molecular weight excluding hydrogens is 172 g/mol. The molecule has 2 nitrogen and oxygen atoms in total. The van der Waals surface area contributed by atoms with E-state index in [1.165, 1.54) is 31.4 Å².